The van der Waals surface area contributed by atoms with Crippen molar-refractivity contribution in [1.29, 1.82) is 0 Å². The van der Waals surface area contributed by atoms with E-state index in [4.69, 9.17) is 5.11 Å². The molecule has 0 radical (unpaired) electrons. The minimum absolute atomic E-state index is 0.271. The molecule has 0 saturated carbocycles. The molecule has 0 unspecified atom stereocenters. The van der Waals surface area contributed by atoms with Crippen molar-refractivity contribution in [2.24, 2.45) is 0 Å². The zero-order valence-electron chi connectivity index (χ0n) is 18.8. The summed E-state index contributed by atoms with van der Waals surface area (Å²) in [5, 5.41) is 8.55. The van der Waals surface area contributed by atoms with Gasteiger partial charge >= 0.3 is 5.97 Å². The summed E-state index contributed by atoms with van der Waals surface area (Å²) in [5.41, 5.74) is 0. The molecule has 0 saturated heterocycles. The van der Waals surface area contributed by atoms with Gasteiger partial charge in [0.1, 0.15) is 0 Å². The summed E-state index contributed by atoms with van der Waals surface area (Å²) in [4.78, 5) is 10.4. The molecule has 0 amide bonds. The van der Waals surface area contributed by atoms with Gasteiger partial charge in [-0.25, -0.2) is 0 Å². The lowest BCUT2D eigenvalue weighted by atomic mass is 10.0. The lowest BCUT2D eigenvalue weighted by Crippen LogP contribution is -1.92. The second-order valence-corrected chi connectivity index (χ2v) is 8.23. The zero-order valence-corrected chi connectivity index (χ0v) is 18.8. The zero-order chi connectivity index (χ0) is 20.5. The number of carbonyl (C=O) groups is 1. The molecule has 28 heavy (non-hydrogen) atoms. The average molecular weight is 393 g/mol. The lowest BCUT2D eigenvalue weighted by molar-refractivity contribution is -0.137. The largest absolute Gasteiger partial charge is 0.481 e. The Kier molecular flexibility index (Phi) is 23.1. The van der Waals surface area contributed by atoms with E-state index >= 15 is 0 Å². The standard InChI is InChI=1S/C26H48O2/c1-2-3-4-5-6-7-8-9-10-11-12-13-14-15-16-17-18-19-20-21-22-23-24-25-26(27)28/h19-22H,2-18,23-25H2,1H3,(H,27,28)/b20-19+,22-21+. The Morgan fingerprint density at radius 2 is 0.929 bits per heavy atom. The Morgan fingerprint density at radius 1 is 0.571 bits per heavy atom. The molecule has 0 spiro atoms. The van der Waals surface area contributed by atoms with Crippen LogP contribution in [0, 0.1) is 0 Å². The van der Waals surface area contributed by atoms with Crippen LogP contribution in [0.15, 0.2) is 24.3 Å². The molecule has 0 aromatic carbocycles. The molecule has 2 heteroatoms. The van der Waals surface area contributed by atoms with Crippen LogP contribution in [0.5, 0.6) is 0 Å². The van der Waals surface area contributed by atoms with Crippen molar-refractivity contribution in [1.82, 2.24) is 0 Å². The molecule has 0 aromatic heterocycles. The van der Waals surface area contributed by atoms with Crippen LogP contribution in [0.25, 0.3) is 0 Å². The number of allylic oxidation sites excluding steroid dienone is 4. The molecule has 0 atom stereocenters. The minimum atomic E-state index is -0.701. The topological polar surface area (TPSA) is 37.3 Å². The quantitative estimate of drug-likeness (QED) is 0.147. The van der Waals surface area contributed by atoms with Gasteiger partial charge in [0, 0.05) is 6.42 Å². The number of carboxylic acids is 1. The molecule has 1 N–H and O–H groups in total. The van der Waals surface area contributed by atoms with E-state index in [1.807, 2.05) is 6.08 Å². The van der Waals surface area contributed by atoms with Gasteiger partial charge in [0.15, 0.2) is 0 Å². The van der Waals surface area contributed by atoms with Crippen LogP contribution in [-0.2, 0) is 4.79 Å². The van der Waals surface area contributed by atoms with Gasteiger partial charge in [0.05, 0.1) is 0 Å². The summed E-state index contributed by atoms with van der Waals surface area (Å²) in [7, 11) is 0. The summed E-state index contributed by atoms with van der Waals surface area (Å²) in [5.74, 6) is -0.701. The molecular weight excluding hydrogens is 344 g/mol. The summed E-state index contributed by atoms with van der Waals surface area (Å²) < 4.78 is 0. The number of unbranched alkanes of at least 4 members (excludes halogenated alkanes) is 17. The van der Waals surface area contributed by atoms with Crippen LogP contribution in [0.1, 0.15) is 135 Å². The molecule has 0 heterocycles. The van der Waals surface area contributed by atoms with Gasteiger partial charge in [0.25, 0.3) is 0 Å². The number of rotatable bonds is 22. The Hall–Kier alpha value is -1.05. The van der Waals surface area contributed by atoms with Crippen molar-refractivity contribution >= 4 is 5.97 Å². The van der Waals surface area contributed by atoms with Crippen LogP contribution in [0.3, 0.4) is 0 Å². The first-order chi connectivity index (χ1) is 13.8. The smallest absolute Gasteiger partial charge is 0.303 e. The molecule has 164 valence electrons. The summed E-state index contributed by atoms with van der Waals surface area (Å²) in [6.07, 6.45) is 34.2. The van der Waals surface area contributed by atoms with Crippen molar-refractivity contribution < 1.29 is 9.90 Å². The Bertz CT molecular complexity index is 371. The molecule has 0 rings (SSSR count). The normalized spacial score (nSPS) is 11.8. The van der Waals surface area contributed by atoms with E-state index in [0.29, 0.717) is 0 Å². The van der Waals surface area contributed by atoms with E-state index in [1.165, 1.54) is 103 Å². The van der Waals surface area contributed by atoms with Crippen LogP contribution >= 0.6 is 0 Å². The fraction of sp³-hybridized carbons (Fsp3) is 0.808. The first-order valence-corrected chi connectivity index (χ1v) is 12.3. The van der Waals surface area contributed by atoms with E-state index < -0.39 is 5.97 Å². The predicted molar refractivity (Wildman–Crippen MR) is 124 cm³/mol. The van der Waals surface area contributed by atoms with Crippen molar-refractivity contribution in [3.8, 4) is 0 Å². The van der Waals surface area contributed by atoms with Crippen LogP contribution < -0.4 is 0 Å². The summed E-state index contributed by atoms with van der Waals surface area (Å²) >= 11 is 0. The van der Waals surface area contributed by atoms with Crippen molar-refractivity contribution in [2.45, 2.75) is 135 Å². The van der Waals surface area contributed by atoms with Crippen molar-refractivity contribution in [3.63, 3.8) is 0 Å². The molecule has 0 aromatic rings. The second-order valence-electron chi connectivity index (χ2n) is 8.23. The molecule has 0 aliphatic carbocycles. The highest BCUT2D eigenvalue weighted by atomic mass is 16.4. The fourth-order valence-corrected chi connectivity index (χ4v) is 3.53. The maximum Gasteiger partial charge on any atom is 0.303 e. The molecule has 0 bridgehead atoms. The monoisotopic (exact) mass is 392 g/mol. The van der Waals surface area contributed by atoms with Crippen LogP contribution in [-0.4, -0.2) is 11.1 Å². The molecule has 0 fully saturated rings. The SMILES string of the molecule is CCCCCCCCCCCCCCCCCC/C=C/C=C/CCCC(=O)O. The van der Waals surface area contributed by atoms with Gasteiger partial charge in [0.2, 0.25) is 0 Å². The van der Waals surface area contributed by atoms with E-state index in [9.17, 15) is 4.79 Å². The van der Waals surface area contributed by atoms with Crippen LogP contribution in [0.4, 0.5) is 0 Å². The molecule has 0 aliphatic heterocycles. The third-order valence-corrected chi connectivity index (χ3v) is 5.37. The second kappa shape index (κ2) is 24.0. The van der Waals surface area contributed by atoms with Gasteiger partial charge < -0.3 is 5.11 Å². The van der Waals surface area contributed by atoms with E-state index in [0.717, 1.165) is 19.3 Å². The highest BCUT2D eigenvalue weighted by molar-refractivity contribution is 5.66. The van der Waals surface area contributed by atoms with E-state index in [1.54, 1.807) is 0 Å². The fourth-order valence-electron chi connectivity index (χ4n) is 3.53. The first-order valence-electron chi connectivity index (χ1n) is 12.3. The molecule has 0 aliphatic rings. The maximum atomic E-state index is 10.4. The van der Waals surface area contributed by atoms with Gasteiger partial charge in [-0.15, -0.1) is 0 Å². The lowest BCUT2D eigenvalue weighted by Gasteiger charge is -2.03. The number of aliphatic carboxylic acids is 1. The minimum Gasteiger partial charge on any atom is -0.481 e. The third-order valence-electron chi connectivity index (χ3n) is 5.37. The van der Waals surface area contributed by atoms with Gasteiger partial charge in [-0.05, 0) is 25.7 Å². The van der Waals surface area contributed by atoms with E-state index in [-0.39, 0.29) is 6.42 Å². The predicted octanol–water partition coefficient (Wildman–Crippen LogP) is 9.01. The highest BCUT2D eigenvalue weighted by Crippen LogP contribution is 2.14. The number of hydrogen-bond donors (Lipinski definition) is 1. The molecule has 2 nitrogen and oxygen atoms in total. The van der Waals surface area contributed by atoms with Crippen LogP contribution in [0.2, 0.25) is 0 Å². The first kappa shape index (κ1) is 27.0. The summed E-state index contributed by atoms with van der Waals surface area (Å²) in [6.45, 7) is 2.29. The van der Waals surface area contributed by atoms with Crippen molar-refractivity contribution in [3.05, 3.63) is 24.3 Å². The molecular formula is C26H48O2. The number of carboxylic acid groups (broad SMARTS) is 1. The third kappa shape index (κ3) is 24.9. The Balaban J connectivity index is 3.12. The van der Waals surface area contributed by atoms with Gasteiger partial charge in [-0.2, -0.15) is 0 Å². The maximum absolute atomic E-state index is 10.4. The average Bonchev–Trinajstić information content (AvgIpc) is 2.68. The van der Waals surface area contributed by atoms with E-state index in [2.05, 4.69) is 25.2 Å². The highest BCUT2D eigenvalue weighted by Gasteiger charge is 1.94. The Morgan fingerprint density at radius 3 is 1.32 bits per heavy atom. The number of hydrogen-bond acceptors (Lipinski definition) is 1. The summed E-state index contributed by atoms with van der Waals surface area (Å²) in [6, 6.07) is 0. The van der Waals surface area contributed by atoms with Crippen molar-refractivity contribution in [2.75, 3.05) is 0 Å². The van der Waals surface area contributed by atoms with Gasteiger partial charge in [-0.3, -0.25) is 4.79 Å². The Labute approximate surface area is 175 Å². The van der Waals surface area contributed by atoms with Gasteiger partial charge in [-0.1, -0.05) is 128 Å².